The number of halogens is 1. The monoisotopic (exact) mass is 389 g/mol. The van der Waals surface area contributed by atoms with E-state index in [4.69, 9.17) is 0 Å². The fourth-order valence-corrected chi connectivity index (χ4v) is 1.63. The van der Waals surface area contributed by atoms with Gasteiger partial charge in [0.05, 0.1) is 13.2 Å². The van der Waals surface area contributed by atoms with Crippen molar-refractivity contribution in [1.82, 2.24) is 10.6 Å². The molecule has 5 heteroatoms. The van der Waals surface area contributed by atoms with Crippen LogP contribution in [0.3, 0.4) is 0 Å². The van der Waals surface area contributed by atoms with Crippen LogP contribution in [-0.2, 0) is 13.2 Å². The summed E-state index contributed by atoms with van der Waals surface area (Å²) in [6, 6.07) is 8.08. The van der Waals surface area contributed by atoms with Gasteiger partial charge in [-0.15, -0.1) is 30.6 Å². The minimum atomic E-state index is 0. The van der Waals surface area contributed by atoms with Crippen molar-refractivity contribution in [2.45, 2.75) is 33.0 Å². The number of hydrogen-bond donors (Lipinski definition) is 3. The zero-order chi connectivity index (χ0) is 14.1. The van der Waals surface area contributed by atoms with E-state index in [-0.39, 0.29) is 30.6 Å². The zero-order valence-corrected chi connectivity index (χ0v) is 14.4. The van der Waals surface area contributed by atoms with Crippen LogP contribution in [0.2, 0.25) is 0 Å². The Balaban J connectivity index is 0.00000361. The summed E-state index contributed by atoms with van der Waals surface area (Å²) >= 11 is 0. The first-order valence-electron chi connectivity index (χ1n) is 6.50. The number of nitrogens with zero attached hydrogens (tertiary/aromatic N) is 1. The molecule has 0 fully saturated rings. The molecule has 0 saturated heterocycles. The Kier molecular flexibility index (Phi) is 10.1. The average Bonchev–Trinajstić information content (AvgIpc) is 2.41. The topological polar surface area (TPSA) is 56.7 Å². The van der Waals surface area contributed by atoms with Gasteiger partial charge < -0.3 is 15.7 Å². The quantitative estimate of drug-likeness (QED) is 0.303. The third-order valence-corrected chi connectivity index (χ3v) is 2.54. The van der Waals surface area contributed by atoms with Crippen molar-refractivity contribution in [2.75, 3.05) is 6.54 Å². The lowest BCUT2D eigenvalue weighted by Gasteiger charge is -2.14. The summed E-state index contributed by atoms with van der Waals surface area (Å²) in [5.41, 5.74) is 1.95. The van der Waals surface area contributed by atoms with E-state index in [1.54, 1.807) is 6.08 Å². The largest absolute Gasteiger partial charge is 0.392 e. The molecule has 0 aromatic heterocycles. The van der Waals surface area contributed by atoms with Crippen LogP contribution in [0.15, 0.2) is 41.9 Å². The molecular weight excluding hydrogens is 365 g/mol. The molecule has 0 heterocycles. The van der Waals surface area contributed by atoms with Crippen molar-refractivity contribution in [3.63, 3.8) is 0 Å². The van der Waals surface area contributed by atoms with Gasteiger partial charge in [0, 0.05) is 12.6 Å². The second kappa shape index (κ2) is 10.7. The van der Waals surface area contributed by atoms with Crippen molar-refractivity contribution in [3.05, 3.63) is 48.0 Å². The first kappa shape index (κ1) is 18.9. The van der Waals surface area contributed by atoms with Crippen LogP contribution < -0.4 is 10.6 Å². The number of guanidine groups is 1. The van der Waals surface area contributed by atoms with Crippen LogP contribution in [0.25, 0.3) is 0 Å². The average molecular weight is 389 g/mol. The standard InChI is InChI=1S/C15H23N3O.HI/c1-4-9-16-15(18-12(2)3)17-10-13-7-5-6-8-14(13)11-19;/h4-8,12,19H,1,9-11H2,2-3H3,(H2,16,17,18);1H. The number of rotatable bonds is 6. The molecule has 1 aromatic carbocycles. The van der Waals surface area contributed by atoms with Gasteiger partial charge in [-0.25, -0.2) is 4.99 Å². The maximum atomic E-state index is 9.28. The van der Waals surface area contributed by atoms with Gasteiger partial charge in [0.2, 0.25) is 0 Å². The van der Waals surface area contributed by atoms with Gasteiger partial charge in [0.15, 0.2) is 5.96 Å². The second-order valence-corrected chi connectivity index (χ2v) is 4.56. The van der Waals surface area contributed by atoms with Crippen LogP contribution in [0.4, 0.5) is 0 Å². The molecular formula is C15H24IN3O. The molecule has 20 heavy (non-hydrogen) atoms. The van der Waals surface area contributed by atoms with Crippen LogP contribution >= 0.6 is 24.0 Å². The molecule has 0 saturated carbocycles. The van der Waals surface area contributed by atoms with Crippen LogP contribution in [0, 0.1) is 0 Å². The molecule has 1 rings (SSSR count). The molecule has 0 aliphatic rings. The second-order valence-electron chi connectivity index (χ2n) is 4.56. The van der Waals surface area contributed by atoms with E-state index in [0.717, 1.165) is 17.1 Å². The molecule has 112 valence electrons. The van der Waals surface area contributed by atoms with Crippen molar-refractivity contribution >= 4 is 29.9 Å². The lowest BCUT2D eigenvalue weighted by Crippen LogP contribution is -2.41. The lowest BCUT2D eigenvalue weighted by molar-refractivity contribution is 0.280. The Morgan fingerprint density at radius 3 is 2.55 bits per heavy atom. The van der Waals surface area contributed by atoms with E-state index in [0.29, 0.717) is 19.1 Å². The number of aliphatic hydroxyl groups is 1. The van der Waals surface area contributed by atoms with Gasteiger partial charge in [-0.05, 0) is 25.0 Å². The van der Waals surface area contributed by atoms with E-state index in [9.17, 15) is 5.11 Å². The van der Waals surface area contributed by atoms with Crippen molar-refractivity contribution in [1.29, 1.82) is 0 Å². The molecule has 0 amide bonds. The fraction of sp³-hybridized carbons (Fsp3) is 0.400. The smallest absolute Gasteiger partial charge is 0.192 e. The molecule has 0 aliphatic heterocycles. The molecule has 4 nitrogen and oxygen atoms in total. The van der Waals surface area contributed by atoms with Crippen molar-refractivity contribution in [2.24, 2.45) is 4.99 Å². The third kappa shape index (κ3) is 6.91. The number of benzene rings is 1. The summed E-state index contributed by atoms with van der Waals surface area (Å²) < 4.78 is 0. The first-order valence-corrected chi connectivity index (χ1v) is 6.50. The molecule has 1 aromatic rings. The fourth-order valence-electron chi connectivity index (χ4n) is 1.63. The summed E-state index contributed by atoms with van der Waals surface area (Å²) in [5, 5.41) is 15.7. The molecule has 0 unspecified atom stereocenters. The van der Waals surface area contributed by atoms with Gasteiger partial charge in [0.25, 0.3) is 0 Å². The summed E-state index contributed by atoms with van der Waals surface area (Å²) in [4.78, 5) is 4.52. The maximum Gasteiger partial charge on any atom is 0.192 e. The SMILES string of the molecule is C=CCNC(=NCc1ccccc1CO)NC(C)C.I. The van der Waals surface area contributed by atoms with Gasteiger partial charge in [0.1, 0.15) is 0 Å². The highest BCUT2D eigenvalue weighted by atomic mass is 127. The van der Waals surface area contributed by atoms with Gasteiger partial charge in [-0.3, -0.25) is 0 Å². The van der Waals surface area contributed by atoms with E-state index >= 15 is 0 Å². The minimum Gasteiger partial charge on any atom is -0.392 e. The summed E-state index contributed by atoms with van der Waals surface area (Å²) in [5.74, 6) is 0.752. The first-order chi connectivity index (χ1) is 9.17. The molecule has 0 aliphatic carbocycles. The van der Waals surface area contributed by atoms with Crippen LogP contribution in [0.5, 0.6) is 0 Å². The highest BCUT2D eigenvalue weighted by Crippen LogP contribution is 2.09. The Bertz CT molecular complexity index is 433. The lowest BCUT2D eigenvalue weighted by atomic mass is 10.1. The van der Waals surface area contributed by atoms with E-state index < -0.39 is 0 Å². The van der Waals surface area contributed by atoms with E-state index in [1.807, 2.05) is 24.3 Å². The van der Waals surface area contributed by atoms with Crippen LogP contribution in [-0.4, -0.2) is 23.7 Å². The Labute approximate surface area is 138 Å². The predicted octanol–water partition coefficient (Wildman–Crippen LogP) is 2.43. The Hall–Kier alpha value is -1.08. The normalized spacial score (nSPS) is 10.9. The maximum absolute atomic E-state index is 9.28. The van der Waals surface area contributed by atoms with Crippen molar-refractivity contribution in [3.8, 4) is 0 Å². The summed E-state index contributed by atoms with van der Waals surface area (Å²) in [7, 11) is 0. The summed E-state index contributed by atoms with van der Waals surface area (Å²) in [6.45, 7) is 9.05. The molecule has 3 N–H and O–H groups in total. The summed E-state index contributed by atoms with van der Waals surface area (Å²) in [6.07, 6.45) is 1.79. The Morgan fingerprint density at radius 2 is 2.00 bits per heavy atom. The van der Waals surface area contributed by atoms with E-state index in [1.165, 1.54) is 0 Å². The highest BCUT2D eigenvalue weighted by molar-refractivity contribution is 14.0. The zero-order valence-electron chi connectivity index (χ0n) is 12.1. The number of hydrogen-bond acceptors (Lipinski definition) is 2. The number of aliphatic hydroxyl groups excluding tert-OH is 1. The molecule has 0 atom stereocenters. The number of aliphatic imine (C=N–C) groups is 1. The third-order valence-electron chi connectivity index (χ3n) is 2.54. The van der Waals surface area contributed by atoms with Crippen molar-refractivity contribution < 1.29 is 5.11 Å². The minimum absolute atomic E-state index is 0. The van der Waals surface area contributed by atoms with E-state index in [2.05, 4.69) is 36.1 Å². The predicted molar refractivity (Wildman–Crippen MR) is 95.4 cm³/mol. The highest BCUT2D eigenvalue weighted by Gasteiger charge is 2.02. The molecule has 0 bridgehead atoms. The van der Waals surface area contributed by atoms with Gasteiger partial charge in [-0.1, -0.05) is 30.3 Å². The molecule has 0 spiro atoms. The number of nitrogens with one attached hydrogen (secondary N) is 2. The van der Waals surface area contributed by atoms with Gasteiger partial charge >= 0.3 is 0 Å². The Morgan fingerprint density at radius 1 is 1.35 bits per heavy atom. The van der Waals surface area contributed by atoms with Gasteiger partial charge in [-0.2, -0.15) is 0 Å². The molecule has 0 radical (unpaired) electrons. The van der Waals surface area contributed by atoms with Crippen LogP contribution in [0.1, 0.15) is 25.0 Å².